The number of nitro benzene ring substituents is 1. The molecular formula is C13H16N2O4. The minimum absolute atomic E-state index is 0.0550. The van der Waals surface area contributed by atoms with Crippen LogP contribution in [0.2, 0.25) is 0 Å². The SMILES string of the molecule is O=C(NCCCC1CC1)c1cccc([N+](=O)[O-])c1O. The van der Waals surface area contributed by atoms with Gasteiger partial charge in [0.2, 0.25) is 5.75 Å². The number of aromatic hydroxyl groups is 1. The van der Waals surface area contributed by atoms with E-state index in [1.807, 2.05) is 0 Å². The summed E-state index contributed by atoms with van der Waals surface area (Å²) >= 11 is 0. The maximum atomic E-state index is 11.8. The van der Waals surface area contributed by atoms with Crippen molar-refractivity contribution in [2.75, 3.05) is 6.54 Å². The maximum absolute atomic E-state index is 11.8. The standard InChI is InChI=1S/C13H16N2O4/c16-12-10(4-1-5-11(12)15(18)19)13(17)14-8-2-3-9-6-7-9/h1,4-5,9,16H,2-3,6-8H2,(H,14,17). The van der Waals surface area contributed by atoms with Crippen LogP contribution in [0.4, 0.5) is 5.69 Å². The van der Waals surface area contributed by atoms with Crippen LogP contribution in [0.15, 0.2) is 18.2 Å². The first-order chi connectivity index (χ1) is 9.09. The van der Waals surface area contributed by atoms with Crippen LogP contribution in [0.3, 0.4) is 0 Å². The van der Waals surface area contributed by atoms with Crippen LogP contribution < -0.4 is 5.32 Å². The second-order valence-corrected chi connectivity index (χ2v) is 4.77. The number of amides is 1. The molecule has 19 heavy (non-hydrogen) atoms. The molecule has 2 rings (SSSR count). The van der Waals surface area contributed by atoms with Crippen molar-refractivity contribution in [3.05, 3.63) is 33.9 Å². The Kier molecular flexibility index (Phi) is 3.99. The minimum Gasteiger partial charge on any atom is -0.502 e. The van der Waals surface area contributed by atoms with Crippen molar-refractivity contribution < 1.29 is 14.8 Å². The van der Waals surface area contributed by atoms with Crippen molar-refractivity contribution in [2.45, 2.75) is 25.7 Å². The second kappa shape index (κ2) is 5.69. The van der Waals surface area contributed by atoms with Gasteiger partial charge in [-0.25, -0.2) is 0 Å². The van der Waals surface area contributed by atoms with E-state index in [1.165, 1.54) is 31.0 Å². The Morgan fingerprint density at radius 2 is 2.21 bits per heavy atom. The van der Waals surface area contributed by atoms with Crippen LogP contribution in [0.1, 0.15) is 36.0 Å². The van der Waals surface area contributed by atoms with Crippen molar-refractivity contribution in [3.8, 4) is 5.75 Å². The van der Waals surface area contributed by atoms with Gasteiger partial charge in [-0.3, -0.25) is 14.9 Å². The highest BCUT2D eigenvalue weighted by molar-refractivity contribution is 5.98. The van der Waals surface area contributed by atoms with Gasteiger partial charge in [0.05, 0.1) is 10.5 Å². The van der Waals surface area contributed by atoms with Crippen molar-refractivity contribution in [1.29, 1.82) is 0 Å². The van der Waals surface area contributed by atoms with Crippen molar-refractivity contribution in [1.82, 2.24) is 5.32 Å². The van der Waals surface area contributed by atoms with E-state index >= 15 is 0 Å². The molecular weight excluding hydrogens is 248 g/mol. The number of benzene rings is 1. The Balaban J connectivity index is 1.93. The summed E-state index contributed by atoms with van der Waals surface area (Å²) in [6.07, 6.45) is 4.55. The highest BCUT2D eigenvalue weighted by Gasteiger charge is 2.22. The number of carbonyl (C=O) groups is 1. The van der Waals surface area contributed by atoms with Crippen molar-refractivity contribution >= 4 is 11.6 Å². The Bertz CT molecular complexity index is 497. The third-order valence-electron chi connectivity index (χ3n) is 3.23. The molecule has 6 nitrogen and oxygen atoms in total. The van der Waals surface area contributed by atoms with Gasteiger partial charge in [-0.2, -0.15) is 0 Å². The molecule has 6 heteroatoms. The number of phenols is 1. The Labute approximate surface area is 110 Å². The summed E-state index contributed by atoms with van der Waals surface area (Å²) in [5, 5.41) is 23.0. The molecule has 0 radical (unpaired) electrons. The molecule has 0 spiro atoms. The van der Waals surface area contributed by atoms with Crippen LogP contribution in [0.25, 0.3) is 0 Å². The quantitative estimate of drug-likeness (QED) is 0.468. The number of nitrogens with zero attached hydrogens (tertiary/aromatic N) is 1. The fraction of sp³-hybridized carbons (Fsp3) is 0.462. The highest BCUT2D eigenvalue weighted by atomic mass is 16.6. The van der Waals surface area contributed by atoms with Crippen LogP contribution in [0, 0.1) is 16.0 Å². The van der Waals surface area contributed by atoms with E-state index in [2.05, 4.69) is 5.32 Å². The molecule has 0 aromatic heterocycles. The average molecular weight is 264 g/mol. The number of nitrogens with one attached hydrogen (secondary N) is 1. The van der Waals surface area contributed by atoms with E-state index < -0.39 is 22.3 Å². The summed E-state index contributed by atoms with van der Waals surface area (Å²) in [6.45, 7) is 0.525. The van der Waals surface area contributed by atoms with Crippen LogP contribution in [-0.4, -0.2) is 22.5 Å². The molecule has 0 bridgehead atoms. The summed E-state index contributed by atoms with van der Waals surface area (Å²) < 4.78 is 0. The summed E-state index contributed by atoms with van der Waals surface area (Å²) in [5.74, 6) is -0.243. The molecule has 0 atom stereocenters. The molecule has 1 aromatic carbocycles. The number of phenolic OH excluding ortho intramolecular Hbond substituents is 1. The number of carbonyl (C=O) groups excluding carboxylic acids is 1. The topological polar surface area (TPSA) is 92.5 Å². The van der Waals surface area contributed by atoms with Crippen LogP contribution in [-0.2, 0) is 0 Å². The smallest absolute Gasteiger partial charge is 0.311 e. The number of hydrogen-bond donors (Lipinski definition) is 2. The van der Waals surface area contributed by atoms with E-state index in [0.717, 1.165) is 18.8 Å². The molecule has 0 heterocycles. The lowest BCUT2D eigenvalue weighted by Crippen LogP contribution is -2.24. The molecule has 1 aliphatic carbocycles. The summed E-state index contributed by atoms with van der Waals surface area (Å²) in [5.41, 5.74) is -0.508. The zero-order chi connectivity index (χ0) is 13.8. The van der Waals surface area contributed by atoms with Crippen molar-refractivity contribution in [2.24, 2.45) is 5.92 Å². The van der Waals surface area contributed by atoms with Gasteiger partial charge in [-0.15, -0.1) is 0 Å². The lowest BCUT2D eigenvalue weighted by atomic mass is 10.1. The van der Waals surface area contributed by atoms with Gasteiger partial charge in [-0.1, -0.05) is 18.9 Å². The molecule has 102 valence electrons. The third kappa shape index (κ3) is 3.43. The van der Waals surface area contributed by atoms with Gasteiger partial charge in [0.15, 0.2) is 0 Å². The first-order valence-corrected chi connectivity index (χ1v) is 6.34. The van der Waals surface area contributed by atoms with E-state index in [9.17, 15) is 20.0 Å². The summed E-state index contributed by atoms with van der Waals surface area (Å²) in [6, 6.07) is 3.93. The predicted molar refractivity (Wildman–Crippen MR) is 69.1 cm³/mol. The van der Waals surface area contributed by atoms with Crippen LogP contribution in [0.5, 0.6) is 5.75 Å². The minimum atomic E-state index is -0.709. The molecule has 1 aromatic rings. The van der Waals surface area contributed by atoms with Gasteiger partial charge in [0, 0.05) is 12.6 Å². The van der Waals surface area contributed by atoms with Gasteiger partial charge >= 0.3 is 5.69 Å². The third-order valence-corrected chi connectivity index (χ3v) is 3.23. The fourth-order valence-corrected chi connectivity index (χ4v) is 1.96. The van der Waals surface area contributed by atoms with Crippen molar-refractivity contribution in [3.63, 3.8) is 0 Å². The molecule has 2 N–H and O–H groups in total. The molecule has 0 aliphatic heterocycles. The maximum Gasteiger partial charge on any atom is 0.311 e. The molecule has 0 saturated heterocycles. The number of rotatable bonds is 6. The first kappa shape index (κ1) is 13.3. The zero-order valence-corrected chi connectivity index (χ0v) is 10.5. The number of nitro groups is 1. The Hall–Kier alpha value is -2.11. The van der Waals surface area contributed by atoms with Gasteiger partial charge in [-0.05, 0) is 24.8 Å². The van der Waals surface area contributed by atoms with Gasteiger partial charge in [0.25, 0.3) is 5.91 Å². The van der Waals surface area contributed by atoms with E-state index in [-0.39, 0.29) is 5.56 Å². The zero-order valence-electron chi connectivity index (χ0n) is 10.5. The van der Waals surface area contributed by atoms with Crippen LogP contribution >= 0.6 is 0 Å². The molecule has 1 amide bonds. The number of para-hydroxylation sites is 1. The molecule has 1 fully saturated rings. The van der Waals surface area contributed by atoms with E-state index in [1.54, 1.807) is 0 Å². The molecule has 1 aliphatic rings. The number of hydrogen-bond acceptors (Lipinski definition) is 4. The Morgan fingerprint density at radius 1 is 1.47 bits per heavy atom. The summed E-state index contributed by atoms with van der Waals surface area (Å²) in [4.78, 5) is 21.8. The molecule has 0 unspecified atom stereocenters. The normalized spacial score (nSPS) is 14.1. The van der Waals surface area contributed by atoms with Gasteiger partial charge in [0.1, 0.15) is 0 Å². The highest BCUT2D eigenvalue weighted by Crippen LogP contribution is 2.33. The first-order valence-electron chi connectivity index (χ1n) is 6.34. The lowest BCUT2D eigenvalue weighted by molar-refractivity contribution is -0.385. The average Bonchev–Trinajstić information content (AvgIpc) is 3.18. The second-order valence-electron chi connectivity index (χ2n) is 4.77. The largest absolute Gasteiger partial charge is 0.502 e. The van der Waals surface area contributed by atoms with Gasteiger partial charge < -0.3 is 10.4 Å². The lowest BCUT2D eigenvalue weighted by Gasteiger charge is -2.06. The fourth-order valence-electron chi connectivity index (χ4n) is 1.96. The predicted octanol–water partition coefficient (Wildman–Crippen LogP) is 2.22. The van der Waals surface area contributed by atoms with E-state index in [4.69, 9.17) is 0 Å². The molecule has 1 saturated carbocycles. The van der Waals surface area contributed by atoms with E-state index in [0.29, 0.717) is 6.54 Å². The Morgan fingerprint density at radius 3 is 2.84 bits per heavy atom. The summed E-state index contributed by atoms with van der Waals surface area (Å²) in [7, 11) is 0. The monoisotopic (exact) mass is 264 g/mol.